The smallest absolute Gasteiger partial charge is 0.301 e. The highest BCUT2D eigenvalue weighted by atomic mass is 35.5. The number of hydrogen-bond acceptors (Lipinski definition) is 5. The van der Waals surface area contributed by atoms with Crippen LogP contribution in [0.25, 0.3) is 0 Å². The largest absolute Gasteiger partial charge is 0.519 e. The fourth-order valence-electron chi connectivity index (χ4n) is 2.44. The maximum atomic E-state index is 12.4. The monoisotopic (exact) mass is 398 g/mol. The summed E-state index contributed by atoms with van der Waals surface area (Å²) in [5.41, 5.74) is -0.729. The van der Waals surface area contributed by atoms with E-state index in [1.165, 1.54) is 11.8 Å². The summed E-state index contributed by atoms with van der Waals surface area (Å²) in [5.74, 6) is -0.540. The number of carbonyl (C=O) groups excluding carboxylic acids is 3. The zero-order valence-electron chi connectivity index (χ0n) is 13.4. The van der Waals surface area contributed by atoms with Gasteiger partial charge in [-0.1, -0.05) is 23.2 Å². The van der Waals surface area contributed by atoms with E-state index in [1.54, 1.807) is 4.90 Å². The lowest BCUT2D eigenvalue weighted by atomic mass is 9.89. The van der Waals surface area contributed by atoms with Crippen LogP contribution >= 0.6 is 35.0 Å². The molecule has 2 aliphatic rings. The van der Waals surface area contributed by atoms with Crippen LogP contribution in [0.4, 0.5) is 0 Å². The van der Waals surface area contributed by atoms with Crippen LogP contribution in [0.15, 0.2) is 0 Å². The lowest BCUT2D eigenvalue weighted by Gasteiger charge is -2.53. The molecule has 2 amide bonds. The Hall–Kier alpha value is -0.443. The molecule has 23 heavy (non-hydrogen) atoms. The zero-order chi connectivity index (χ0) is 17.6. The van der Waals surface area contributed by atoms with Crippen molar-refractivity contribution in [1.82, 2.24) is 10.2 Å². The molecule has 2 fully saturated rings. The Labute approximate surface area is 150 Å². The third kappa shape index (κ3) is 3.97. The second kappa shape index (κ2) is 6.46. The molecule has 0 spiro atoms. The Balaban J connectivity index is 2.00. The average Bonchev–Trinajstić information content (AvgIpc) is 2.42. The number of nitrogens with one attached hydrogen (secondary N) is 1. The number of hydrogen-bond donors (Lipinski definition) is 1. The van der Waals surface area contributed by atoms with Crippen molar-refractivity contribution in [3.05, 3.63) is 0 Å². The van der Waals surface area contributed by atoms with Crippen molar-refractivity contribution in [2.45, 2.75) is 42.8 Å². The van der Waals surface area contributed by atoms with E-state index in [0.29, 0.717) is 12.3 Å². The molecule has 3 atom stereocenters. The van der Waals surface area contributed by atoms with Gasteiger partial charge in [-0.25, -0.2) is 0 Å². The summed E-state index contributed by atoms with van der Waals surface area (Å²) in [6, 6.07) is -0.634. The van der Waals surface area contributed by atoms with Crippen LogP contribution in [0.5, 0.6) is 0 Å². The van der Waals surface area contributed by atoms with Crippen molar-refractivity contribution in [2.75, 3.05) is 12.3 Å². The van der Waals surface area contributed by atoms with Crippen molar-refractivity contribution in [3.63, 3.8) is 0 Å². The Bertz CT molecular complexity index is 543. The van der Waals surface area contributed by atoms with Crippen molar-refractivity contribution >= 4 is 61.1 Å². The summed E-state index contributed by atoms with van der Waals surface area (Å²) < 4.78 is 5.59. The molecule has 0 radical (unpaired) electrons. The van der Waals surface area contributed by atoms with E-state index in [1.807, 2.05) is 26.6 Å². The molecule has 130 valence electrons. The predicted octanol–water partition coefficient (Wildman–Crippen LogP) is 1.57. The highest BCUT2D eigenvalue weighted by Crippen LogP contribution is 2.42. The molecule has 0 aromatic heterocycles. The summed E-state index contributed by atoms with van der Waals surface area (Å²) in [6.07, 6.45) is 0. The number of β-lactam (4-membered cyclic amide) rings is 1. The Morgan fingerprint density at radius 2 is 2.04 bits per heavy atom. The molecule has 10 heteroatoms. The fraction of sp³-hybridized carbons (Fsp3) is 0.769. The van der Waals surface area contributed by atoms with Gasteiger partial charge in [-0.2, -0.15) is 0 Å². The Morgan fingerprint density at radius 3 is 2.57 bits per heavy atom. The zero-order valence-corrected chi connectivity index (χ0v) is 16.7. The van der Waals surface area contributed by atoms with Crippen LogP contribution in [0.2, 0.25) is 19.6 Å². The van der Waals surface area contributed by atoms with Gasteiger partial charge < -0.3 is 14.6 Å². The van der Waals surface area contributed by atoms with Crippen molar-refractivity contribution < 1.29 is 18.8 Å². The minimum absolute atomic E-state index is 0.189. The Kier molecular flexibility index (Phi) is 5.30. The van der Waals surface area contributed by atoms with Crippen LogP contribution < -0.4 is 5.32 Å². The lowest BCUT2D eigenvalue weighted by molar-refractivity contribution is -0.156. The minimum atomic E-state index is -1.99. The third-order valence-electron chi connectivity index (χ3n) is 3.62. The molecule has 2 heterocycles. The number of thioether (sulfide) groups is 1. The van der Waals surface area contributed by atoms with Crippen LogP contribution in [0, 0.1) is 5.41 Å². The fourth-order valence-corrected chi connectivity index (χ4v) is 4.85. The number of carbonyl (C=O) groups is 3. The molecular weight excluding hydrogens is 379 g/mol. The first-order valence-electron chi connectivity index (χ1n) is 7.19. The van der Waals surface area contributed by atoms with Crippen molar-refractivity contribution in [2.24, 2.45) is 5.41 Å². The predicted molar refractivity (Wildman–Crippen MR) is 92.9 cm³/mol. The van der Waals surface area contributed by atoms with Gasteiger partial charge in [0.15, 0.2) is 4.84 Å². The van der Waals surface area contributed by atoms with Gasteiger partial charge in [0.1, 0.15) is 11.4 Å². The minimum Gasteiger partial charge on any atom is -0.519 e. The van der Waals surface area contributed by atoms with E-state index < -0.39 is 30.5 Å². The van der Waals surface area contributed by atoms with Gasteiger partial charge in [0.05, 0.1) is 5.41 Å². The van der Waals surface area contributed by atoms with E-state index in [2.05, 4.69) is 5.32 Å². The van der Waals surface area contributed by atoms with Gasteiger partial charge in [-0.3, -0.25) is 14.4 Å². The quantitative estimate of drug-likeness (QED) is 0.441. The van der Waals surface area contributed by atoms with E-state index >= 15 is 0 Å². The molecule has 1 N–H and O–H groups in total. The van der Waals surface area contributed by atoms with E-state index in [-0.39, 0.29) is 17.3 Å². The van der Waals surface area contributed by atoms with Gasteiger partial charge >= 0.3 is 5.97 Å². The summed E-state index contributed by atoms with van der Waals surface area (Å²) in [6.45, 7) is 7.95. The molecule has 0 saturated carbocycles. The normalized spacial score (nSPS) is 30.6. The molecule has 2 aliphatic heterocycles. The van der Waals surface area contributed by atoms with E-state index in [0.717, 1.165) is 0 Å². The maximum absolute atomic E-state index is 12.4. The average molecular weight is 399 g/mol. The number of nitrogens with zero attached hydrogens (tertiary/aromatic N) is 1. The summed E-state index contributed by atoms with van der Waals surface area (Å²) >= 11 is 12.4. The van der Waals surface area contributed by atoms with E-state index in [9.17, 15) is 14.4 Å². The summed E-state index contributed by atoms with van der Waals surface area (Å²) in [7, 11) is -1.99. The van der Waals surface area contributed by atoms with Crippen molar-refractivity contribution in [1.29, 1.82) is 0 Å². The molecule has 2 saturated heterocycles. The number of amides is 2. The molecular formula is C13H20Cl2N2O4SSi. The first-order chi connectivity index (χ1) is 10.4. The van der Waals surface area contributed by atoms with Gasteiger partial charge in [-0.15, -0.1) is 11.8 Å². The van der Waals surface area contributed by atoms with Crippen LogP contribution in [-0.4, -0.2) is 59.6 Å². The molecule has 2 rings (SSSR count). The standard InChI is InChI=1S/C13H20Cl2N2O4SSi/c1-13(12(20)21-23(2,3)4)5-17-10(19)7(11(17)22-6-13)16-9(18)8(14)15/h7-8,11H,5-6H2,1-4H3,(H,16,18)/t7?,11-,13?/m1/s1. The second-order valence-corrected chi connectivity index (χ2v) is 13.6. The molecule has 0 bridgehead atoms. The second-order valence-electron chi connectivity index (χ2n) is 7.02. The van der Waals surface area contributed by atoms with Crippen LogP contribution in [0.3, 0.4) is 0 Å². The first-order valence-corrected chi connectivity index (χ1v) is 12.5. The van der Waals surface area contributed by atoms with Gasteiger partial charge in [0, 0.05) is 12.3 Å². The Morgan fingerprint density at radius 1 is 1.43 bits per heavy atom. The topological polar surface area (TPSA) is 75.7 Å². The number of halogens is 2. The molecule has 0 aromatic carbocycles. The molecule has 0 aliphatic carbocycles. The summed E-state index contributed by atoms with van der Waals surface area (Å²) in [4.78, 5) is 36.6. The third-order valence-corrected chi connectivity index (χ3v) is 6.49. The van der Waals surface area contributed by atoms with Gasteiger partial charge in [-0.05, 0) is 26.6 Å². The number of rotatable bonds is 4. The summed E-state index contributed by atoms with van der Waals surface area (Å²) in [5, 5.41) is 2.35. The number of alkyl halides is 2. The molecule has 6 nitrogen and oxygen atoms in total. The maximum Gasteiger partial charge on any atom is 0.301 e. The molecule has 2 unspecified atom stereocenters. The van der Waals surface area contributed by atoms with Gasteiger partial charge in [0.25, 0.3) is 5.91 Å². The highest BCUT2D eigenvalue weighted by molar-refractivity contribution is 8.00. The van der Waals surface area contributed by atoms with Gasteiger partial charge in [0.2, 0.25) is 14.2 Å². The van der Waals surface area contributed by atoms with E-state index in [4.69, 9.17) is 27.6 Å². The highest BCUT2D eigenvalue weighted by Gasteiger charge is 2.56. The van der Waals surface area contributed by atoms with Crippen LogP contribution in [-0.2, 0) is 18.8 Å². The van der Waals surface area contributed by atoms with Crippen molar-refractivity contribution in [3.8, 4) is 0 Å². The SMILES string of the molecule is CC1(C(=O)O[Si](C)(C)C)CS[C@@H]2C(NC(=O)C(Cl)Cl)C(=O)N2C1. The van der Waals surface area contributed by atoms with Crippen LogP contribution in [0.1, 0.15) is 6.92 Å². The lowest BCUT2D eigenvalue weighted by Crippen LogP contribution is -2.73. The number of fused-ring (bicyclic) bond motifs is 1. The first kappa shape index (κ1) is 18.9. The molecule has 0 aromatic rings.